The van der Waals surface area contributed by atoms with Gasteiger partial charge in [-0.25, -0.2) is 21.6 Å². The van der Waals surface area contributed by atoms with E-state index in [1.807, 2.05) is 0 Å². The molecule has 0 unspecified atom stereocenters. The summed E-state index contributed by atoms with van der Waals surface area (Å²) in [7, 11) is -9.47. The molecule has 0 aromatic heterocycles. The molecule has 0 amide bonds. The van der Waals surface area contributed by atoms with Crippen molar-refractivity contribution in [2.75, 3.05) is 6.26 Å². The average molecular weight is 376 g/mol. The number of carboxylic acid groups (broad SMARTS) is 1. The molecule has 0 saturated carbocycles. The SMILES string of the molecule is C[C@H](Oc1ccc(S(=O)(=O)S(C)(=O)=O)cc1C(=O)O)C(F)(F)F. The van der Waals surface area contributed by atoms with Gasteiger partial charge >= 0.3 is 12.1 Å². The number of benzene rings is 1. The van der Waals surface area contributed by atoms with E-state index in [0.717, 1.165) is 0 Å². The minimum absolute atomic E-state index is 0.402. The number of ether oxygens (including phenoxy) is 1. The molecular weight excluding hydrogens is 365 g/mol. The third-order valence-electron chi connectivity index (χ3n) is 2.63. The second-order valence-electron chi connectivity index (χ2n) is 4.42. The third-order valence-corrected chi connectivity index (χ3v) is 7.23. The van der Waals surface area contributed by atoms with Crippen molar-refractivity contribution in [2.24, 2.45) is 0 Å². The fraction of sp³-hybridized carbons (Fsp3) is 0.364. The molecule has 0 bridgehead atoms. The van der Waals surface area contributed by atoms with Gasteiger partial charge in [0, 0.05) is 0 Å². The summed E-state index contributed by atoms with van der Waals surface area (Å²) in [6, 6.07) is 1.74. The van der Waals surface area contributed by atoms with Gasteiger partial charge in [0.2, 0.25) is 0 Å². The number of rotatable bonds is 5. The predicted molar refractivity (Wildman–Crippen MR) is 71.6 cm³/mol. The maximum absolute atomic E-state index is 12.4. The van der Waals surface area contributed by atoms with Crippen LogP contribution in [0.25, 0.3) is 0 Å². The summed E-state index contributed by atoms with van der Waals surface area (Å²) in [5, 5.41) is 8.97. The van der Waals surface area contributed by atoms with Gasteiger partial charge in [0.15, 0.2) is 6.10 Å². The first-order valence-electron chi connectivity index (χ1n) is 5.73. The van der Waals surface area contributed by atoms with Crippen molar-refractivity contribution in [1.82, 2.24) is 0 Å². The molecule has 1 aromatic rings. The standard InChI is InChI=1S/C11H11F3O7S2/c1-6(11(12,13)14)21-9-4-3-7(5-8(9)10(15)16)23(19,20)22(2,17)18/h3-6H,1-2H3,(H,15,16)/t6-/m0/s1. The molecule has 0 heterocycles. The predicted octanol–water partition coefficient (Wildman–Crippen LogP) is 1.45. The van der Waals surface area contributed by atoms with Crippen LogP contribution in [0.3, 0.4) is 0 Å². The van der Waals surface area contributed by atoms with E-state index in [0.29, 0.717) is 31.4 Å². The van der Waals surface area contributed by atoms with E-state index >= 15 is 0 Å². The second-order valence-corrected chi connectivity index (χ2v) is 10.3. The van der Waals surface area contributed by atoms with Crippen LogP contribution in [-0.2, 0) is 17.7 Å². The summed E-state index contributed by atoms with van der Waals surface area (Å²) < 4.78 is 87.7. The quantitative estimate of drug-likeness (QED) is 0.774. The number of hydrogen-bond acceptors (Lipinski definition) is 6. The highest BCUT2D eigenvalue weighted by atomic mass is 33.2. The molecule has 1 atom stereocenters. The Bertz CT molecular complexity index is 826. The average Bonchev–Trinajstić information content (AvgIpc) is 2.36. The van der Waals surface area contributed by atoms with Crippen molar-refractivity contribution in [3.05, 3.63) is 23.8 Å². The van der Waals surface area contributed by atoms with Crippen LogP contribution < -0.4 is 4.74 Å². The van der Waals surface area contributed by atoms with Crippen molar-refractivity contribution in [3.8, 4) is 5.75 Å². The zero-order valence-corrected chi connectivity index (χ0v) is 13.3. The topological polar surface area (TPSA) is 115 Å². The minimum Gasteiger partial charge on any atom is -0.480 e. The number of halogens is 3. The molecule has 0 aliphatic rings. The normalized spacial score (nSPS) is 14.3. The summed E-state index contributed by atoms with van der Waals surface area (Å²) in [5.41, 5.74) is -0.911. The van der Waals surface area contributed by atoms with Gasteiger partial charge in [-0.15, -0.1) is 0 Å². The first-order chi connectivity index (χ1) is 10.2. The van der Waals surface area contributed by atoms with Crippen molar-refractivity contribution in [3.63, 3.8) is 0 Å². The maximum Gasteiger partial charge on any atom is 0.425 e. The first kappa shape index (κ1) is 19.2. The van der Waals surface area contributed by atoms with E-state index in [9.17, 15) is 34.8 Å². The number of carbonyl (C=O) groups is 1. The lowest BCUT2D eigenvalue weighted by Crippen LogP contribution is -2.31. The van der Waals surface area contributed by atoms with Crippen LogP contribution in [-0.4, -0.2) is 46.4 Å². The van der Waals surface area contributed by atoms with Crippen LogP contribution in [0.1, 0.15) is 17.3 Å². The summed E-state index contributed by atoms with van der Waals surface area (Å²) in [6.45, 7) is 0.632. The van der Waals surface area contributed by atoms with Crippen LogP contribution in [0.2, 0.25) is 0 Å². The highest BCUT2D eigenvalue weighted by molar-refractivity contribution is 8.66. The van der Waals surface area contributed by atoms with Gasteiger partial charge in [0.1, 0.15) is 11.3 Å². The van der Waals surface area contributed by atoms with E-state index in [1.54, 1.807) is 0 Å². The Morgan fingerprint density at radius 2 is 1.74 bits per heavy atom. The fourth-order valence-corrected chi connectivity index (χ4v) is 3.57. The lowest BCUT2D eigenvalue weighted by Gasteiger charge is -2.19. The van der Waals surface area contributed by atoms with E-state index < -0.39 is 52.2 Å². The van der Waals surface area contributed by atoms with Crippen molar-refractivity contribution < 1.29 is 44.6 Å². The molecule has 7 nitrogen and oxygen atoms in total. The molecule has 0 aliphatic heterocycles. The van der Waals surface area contributed by atoms with E-state index in [2.05, 4.69) is 4.74 Å². The molecule has 12 heteroatoms. The molecule has 1 aromatic carbocycles. The number of aromatic carboxylic acids is 1. The zero-order valence-electron chi connectivity index (χ0n) is 11.7. The molecule has 0 saturated heterocycles. The van der Waals surface area contributed by atoms with Gasteiger partial charge in [-0.1, -0.05) is 0 Å². The molecular formula is C11H11F3O7S2. The van der Waals surface area contributed by atoms with Crippen molar-refractivity contribution in [2.45, 2.75) is 24.1 Å². The van der Waals surface area contributed by atoms with Gasteiger partial charge in [0.25, 0.3) is 17.7 Å². The summed E-state index contributed by atoms with van der Waals surface area (Å²) >= 11 is 0. The van der Waals surface area contributed by atoms with Gasteiger partial charge in [-0.2, -0.15) is 13.2 Å². The van der Waals surface area contributed by atoms with Gasteiger partial charge in [-0.3, -0.25) is 0 Å². The molecule has 130 valence electrons. The lowest BCUT2D eigenvalue weighted by molar-refractivity contribution is -0.189. The molecule has 1 N–H and O–H groups in total. The first-order valence-corrected chi connectivity index (χ1v) is 9.63. The summed E-state index contributed by atoms with van der Waals surface area (Å²) in [5.74, 6) is -2.52. The van der Waals surface area contributed by atoms with Gasteiger partial charge in [0.05, 0.1) is 11.2 Å². The van der Waals surface area contributed by atoms with Gasteiger partial charge in [-0.05, 0) is 25.1 Å². The van der Waals surface area contributed by atoms with E-state index in [-0.39, 0.29) is 0 Å². The molecule has 0 fully saturated rings. The smallest absolute Gasteiger partial charge is 0.425 e. The maximum atomic E-state index is 12.4. The van der Waals surface area contributed by atoms with Crippen LogP contribution in [0.15, 0.2) is 23.1 Å². The number of hydrogen-bond donors (Lipinski definition) is 1. The zero-order chi connectivity index (χ0) is 18.2. The Labute approximate surface area is 128 Å². The van der Waals surface area contributed by atoms with Crippen LogP contribution >= 0.6 is 0 Å². The molecule has 1 rings (SSSR count). The van der Waals surface area contributed by atoms with Gasteiger partial charge < -0.3 is 9.84 Å². The molecule has 0 radical (unpaired) electrons. The molecule has 23 heavy (non-hydrogen) atoms. The van der Waals surface area contributed by atoms with Crippen LogP contribution in [0.5, 0.6) is 5.75 Å². The second kappa shape index (κ2) is 6.00. The van der Waals surface area contributed by atoms with E-state index in [1.165, 1.54) is 0 Å². The highest BCUT2D eigenvalue weighted by Gasteiger charge is 2.39. The lowest BCUT2D eigenvalue weighted by atomic mass is 10.2. The summed E-state index contributed by atoms with van der Waals surface area (Å²) in [4.78, 5) is 10.2. The Hall–Kier alpha value is -1.82. The Morgan fingerprint density at radius 1 is 1.22 bits per heavy atom. The van der Waals surface area contributed by atoms with Crippen molar-refractivity contribution >= 4 is 23.7 Å². The Kier molecular flexibility index (Phi) is 5.01. The highest BCUT2D eigenvalue weighted by Crippen LogP contribution is 2.29. The Balaban J connectivity index is 3.43. The van der Waals surface area contributed by atoms with Crippen molar-refractivity contribution in [1.29, 1.82) is 0 Å². The van der Waals surface area contributed by atoms with Crippen LogP contribution in [0, 0.1) is 0 Å². The summed E-state index contributed by atoms with van der Waals surface area (Å²) in [6.07, 6.45) is -6.72. The minimum atomic E-state index is -4.87. The molecule has 0 aliphatic carbocycles. The monoisotopic (exact) mass is 376 g/mol. The third kappa shape index (κ3) is 4.13. The number of alkyl halides is 3. The van der Waals surface area contributed by atoms with E-state index in [4.69, 9.17) is 5.11 Å². The fourth-order valence-electron chi connectivity index (χ4n) is 1.37. The Morgan fingerprint density at radius 3 is 2.13 bits per heavy atom. The van der Waals surface area contributed by atoms with Crippen LogP contribution in [0.4, 0.5) is 13.2 Å². The largest absolute Gasteiger partial charge is 0.480 e. The molecule has 0 spiro atoms. The number of carboxylic acids is 1.